The minimum atomic E-state index is -1.14. The van der Waals surface area contributed by atoms with Crippen LogP contribution in [0.15, 0.2) is 12.5 Å². The molecule has 0 aliphatic rings. The number of carboxylic acid groups (broad SMARTS) is 1. The second-order valence-corrected chi connectivity index (χ2v) is 3.64. The van der Waals surface area contributed by atoms with E-state index in [1.165, 1.54) is 24.0 Å². The van der Waals surface area contributed by atoms with E-state index >= 15 is 0 Å². The van der Waals surface area contributed by atoms with Gasteiger partial charge in [0.25, 0.3) is 0 Å². The summed E-state index contributed by atoms with van der Waals surface area (Å²) in [6.45, 7) is 1.52. The molecule has 0 fully saturated rings. The quantitative estimate of drug-likeness (QED) is 0.627. The molecule has 0 atom stereocenters. The minimum Gasteiger partial charge on any atom is -0.478 e. The average molecular weight is 251 g/mol. The van der Waals surface area contributed by atoms with Crippen molar-refractivity contribution >= 4 is 11.8 Å². The fourth-order valence-electron chi connectivity index (χ4n) is 1.58. The highest BCUT2D eigenvalue weighted by Gasteiger charge is 2.24. The van der Waals surface area contributed by atoms with Gasteiger partial charge in [-0.1, -0.05) is 0 Å². The fourth-order valence-corrected chi connectivity index (χ4v) is 1.58. The molecule has 0 aliphatic carbocycles. The molecular weight excluding hydrogens is 242 g/mol. The second kappa shape index (κ2) is 3.95. The number of hydrogen-bond acceptors (Lipinski definition) is 5. The van der Waals surface area contributed by atoms with Crippen molar-refractivity contribution in [3.63, 3.8) is 0 Å². The molecule has 9 heteroatoms. The fraction of sp³-hybridized carbons (Fsp3) is 0.222. The van der Waals surface area contributed by atoms with Crippen molar-refractivity contribution in [2.45, 2.75) is 6.92 Å². The summed E-state index contributed by atoms with van der Waals surface area (Å²) in [6, 6.07) is 0. The van der Waals surface area contributed by atoms with Crippen molar-refractivity contribution < 1.29 is 14.8 Å². The first kappa shape index (κ1) is 11.8. The molecule has 0 unspecified atom stereocenters. The molecular formula is C9H9N5O4. The van der Waals surface area contributed by atoms with Crippen molar-refractivity contribution in [1.82, 2.24) is 19.3 Å². The van der Waals surface area contributed by atoms with Crippen molar-refractivity contribution in [2.24, 2.45) is 7.05 Å². The highest BCUT2D eigenvalue weighted by atomic mass is 16.6. The number of rotatable bonds is 3. The van der Waals surface area contributed by atoms with E-state index in [1.54, 1.807) is 7.05 Å². The summed E-state index contributed by atoms with van der Waals surface area (Å²) in [5.41, 5.74) is 0.267. The van der Waals surface area contributed by atoms with Gasteiger partial charge in [0.15, 0.2) is 0 Å². The maximum absolute atomic E-state index is 10.9. The summed E-state index contributed by atoms with van der Waals surface area (Å²) >= 11 is 0. The minimum absolute atomic E-state index is 0.00880. The lowest BCUT2D eigenvalue weighted by molar-refractivity contribution is -0.389. The first-order valence-corrected chi connectivity index (χ1v) is 4.87. The van der Waals surface area contributed by atoms with Crippen LogP contribution < -0.4 is 0 Å². The molecule has 0 saturated carbocycles. The van der Waals surface area contributed by atoms with E-state index in [4.69, 9.17) is 5.11 Å². The number of aryl methyl sites for hydroxylation is 2. The summed E-state index contributed by atoms with van der Waals surface area (Å²) in [5, 5.41) is 23.7. The van der Waals surface area contributed by atoms with Gasteiger partial charge in [0.2, 0.25) is 12.1 Å². The van der Waals surface area contributed by atoms with Crippen LogP contribution in [0.25, 0.3) is 5.82 Å². The third-order valence-corrected chi connectivity index (χ3v) is 2.41. The molecule has 2 rings (SSSR count). The normalized spacial score (nSPS) is 10.6. The number of hydrogen-bond donors (Lipinski definition) is 1. The van der Waals surface area contributed by atoms with Crippen LogP contribution in [0.1, 0.15) is 16.1 Å². The molecule has 0 spiro atoms. The third-order valence-electron chi connectivity index (χ3n) is 2.41. The zero-order valence-electron chi connectivity index (χ0n) is 9.56. The Labute approximate surface area is 100 Å². The molecule has 0 bridgehead atoms. The third kappa shape index (κ3) is 1.71. The van der Waals surface area contributed by atoms with Crippen molar-refractivity contribution in [3.8, 4) is 5.82 Å². The Hall–Kier alpha value is -2.71. The second-order valence-electron chi connectivity index (χ2n) is 3.64. The number of carbonyl (C=O) groups is 1. The van der Waals surface area contributed by atoms with Gasteiger partial charge in [0.05, 0.1) is 5.69 Å². The van der Waals surface area contributed by atoms with E-state index in [9.17, 15) is 14.9 Å². The van der Waals surface area contributed by atoms with Crippen LogP contribution in [-0.4, -0.2) is 35.3 Å². The molecule has 0 aromatic carbocycles. The van der Waals surface area contributed by atoms with E-state index < -0.39 is 10.9 Å². The van der Waals surface area contributed by atoms with Gasteiger partial charge in [-0.15, -0.1) is 0 Å². The van der Waals surface area contributed by atoms with Crippen LogP contribution in [0, 0.1) is 17.0 Å². The van der Waals surface area contributed by atoms with Gasteiger partial charge in [-0.2, -0.15) is 5.10 Å². The molecule has 0 aliphatic heterocycles. The summed E-state index contributed by atoms with van der Waals surface area (Å²) in [6.07, 6.45) is 2.49. The molecule has 0 radical (unpaired) electrons. The van der Waals surface area contributed by atoms with Crippen LogP contribution in [0.5, 0.6) is 0 Å². The maximum atomic E-state index is 10.9. The topological polar surface area (TPSA) is 116 Å². The molecule has 18 heavy (non-hydrogen) atoms. The summed E-state index contributed by atoms with van der Waals surface area (Å²) in [4.78, 5) is 24.7. The molecule has 1 N–H and O–H groups in total. The number of carboxylic acids is 1. The maximum Gasteiger partial charge on any atom is 0.408 e. The standard InChI is InChI=1S/C9H9N5O4/c1-5-6(9(15)16)3-13(11-5)8-7(14(17)18)10-4-12(8)2/h3-4H,1-2H3,(H,15,16). The van der Waals surface area contributed by atoms with E-state index in [0.29, 0.717) is 0 Å². The summed E-state index contributed by atoms with van der Waals surface area (Å²) in [5.74, 6) is -1.41. The van der Waals surface area contributed by atoms with Crippen LogP contribution in [0.3, 0.4) is 0 Å². The zero-order chi connectivity index (χ0) is 13.4. The van der Waals surface area contributed by atoms with Gasteiger partial charge in [0.1, 0.15) is 5.56 Å². The van der Waals surface area contributed by atoms with Crippen LogP contribution in [-0.2, 0) is 7.05 Å². The molecule has 9 nitrogen and oxygen atoms in total. The van der Waals surface area contributed by atoms with E-state index in [1.807, 2.05) is 0 Å². The van der Waals surface area contributed by atoms with E-state index in [0.717, 1.165) is 4.68 Å². The largest absolute Gasteiger partial charge is 0.478 e. The molecule has 2 aromatic rings. The number of aromatic nitrogens is 4. The first-order valence-electron chi connectivity index (χ1n) is 4.87. The Kier molecular flexibility index (Phi) is 2.58. The predicted molar refractivity (Wildman–Crippen MR) is 58.7 cm³/mol. The number of nitrogens with zero attached hydrogens (tertiary/aromatic N) is 5. The van der Waals surface area contributed by atoms with Gasteiger partial charge in [-0.3, -0.25) is 4.57 Å². The Morgan fingerprint density at radius 3 is 2.72 bits per heavy atom. The average Bonchev–Trinajstić information content (AvgIpc) is 2.81. The first-order chi connectivity index (χ1) is 8.41. The van der Waals surface area contributed by atoms with Gasteiger partial charge in [-0.05, 0) is 16.8 Å². The van der Waals surface area contributed by atoms with Gasteiger partial charge in [-0.25, -0.2) is 9.48 Å². The zero-order valence-corrected chi connectivity index (χ0v) is 9.56. The SMILES string of the molecule is Cc1nn(-c2c([N+](=O)[O-])ncn2C)cc1C(=O)O. The molecule has 2 heterocycles. The number of imidazole rings is 1. The number of aromatic carboxylic acids is 1. The molecule has 2 aromatic heterocycles. The summed E-state index contributed by atoms with van der Waals surface area (Å²) in [7, 11) is 1.56. The number of nitro groups is 1. The Bertz CT molecular complexity index is 641. The van der Waals surface area contributed by atoms with Crippen LogP contribution in [0.2, 0.25) is 0 Å². The van der Waals surface area contributed by atoms with Crippen LogP contribution in [0.4, 0.5) is 5.82 Å². The molecule has 0 saturated heterocycles. The summed E-state index contributed by atoms with van der Waals surface area (Å²) < 4.78 is 2.54. The monoisotopic (exact) mass is 251 g/mol. The lowest BCUT2D eigenvalue weighted by atomic mass is 10.3. The molecule has 94 valence electrons. The van der Waals surface area contributed by atoms with Gasteiger partial charge < -0.3 is 15.2 Å². The predicted octanol–water partition coefficient (Wildman–Crippen LogP) is 0.521. The van der Waals surface area contributed by atoms with E-state index in [2.05, 4.69) is 10.1 Å². The Morgan fingerprint density at radius 2 is 2.22 bits per heavy atom. The Balaban J connectivity index is 2.62. The lowest BCUT2D eigenvalue weighted by Gasteiger charge is -2.00. The van der Waals surface area contributed by atoms with Crippen LogP contribution >= 0.6 is 0 Å². The smallest absolute Gasteiger partial charge is 0.408 e. The highest BCUT2D eigenvalue weighted by molar-refractivity contribution is 5.88. The van der Waals surface area contributed by atoms with Crippen molar-refractivity contribution in [1.29, 1.82) is 0 Å². The van der Waals surface area contributed by atoms with Gasteiger partial charge in [0, 0.05) is 13.2 Å². The Morgan fingerprint density at radius 1 is 1.56 bits per heavy atom. The van der Waals surface area contributed by atoms with Gasteiger partial charge >= 0.3 is 11.8 Å². The van der Waals surface area contributed by atoms with Crippen molar-refractivity contribution in [3.05, 3.63) is 33.9 Å². The lowest BCUT2D eigenvalue weighted by Crippen LogP contribution is -2.05. The van der Waals surface area contributed by atoms with Crippen molar-refractivity contribution in [2.75, 3.05) is 0 Å². The van der Waals surface area contributed by atoms with E-state index in [-0.39, 0.29) is 22.9 Å². The molecule has 0 amide bonds. The highest BCUT2D eigenvalue weighted by Crippen LogP contribution is 2.20.